The Kier molecular flexibility index (Phi) is 6.56. The van der Waals surface area contributed by atoms with E-state index in [2.05, 4.69) is 12.2 Å². The number of carbonyl (C=O) groups excluding carboxylic acids is 1. The first kappa shape index (κ1) is 14.5. The van der Waals surface area contributed by atoms with Gasteiger partial charge in [0.2, 0.25) is 5.91 Å². The highest BCUT2D eigenvalue weighted by Gasteiger charge is 2.21. The summed E-state index contributed by atoms with van der Waals surface area (Å²) in [5, 5.41) is 2.97. The van der Waals surface area contributed by atoms with Crippen molar-refractivity contribution in [1.29, 1.82) is 0 Å². The van der Waals surface area contributed by atoms with E-state index in [1.807, 2.05) is 6.92 Å². The molecule has 2 atom stereocenters. The van der Waals surface area contributed by atoms with Gasteiger partial charge in [-0.05, 0) is 25.2 Å². The summed E-state index contributed by atoms with van der Waals surface area (Å²) < 4.78 is 0. The van der Waals surface area contributed by atoms with E-state index < -0.39 is 0 Å². The van der Waals surface area contributed by atoms with Gasteiger partial charge in [-0.2, -0.15) is 0 Å². The van der Waals surface area contributed by atoms with Crippen LogP contribution in [-0.4, -0.2) is 18.5 Å². The van der Waals surface area contributed by atoms with E-state index in [-0.39, 0.29) is 11.9 Å². The van der Waals surface area contributed by atoms with Crippen LogP contribution in [0, 0.1) is 11.8 Å². The van der Waals surface area contributed by atoms with Gasteiger partial charge in [-0.1, -0.05) is 39.0 Å². The molecule has 0 aromatic rings. The molecule has 100 valence electrons. The number of nitrogens with two attached hydrogens (primary N) is 1. The molecule has 1 aliphatic carbocycles. The van der Waals surface area contributed by atoms with Crippen LogP contribution in [0.5, 0.6) is 0 Å². The molecule has 2 unspecified atom stereocenters. The molecule has 0 spiro atoms. The molecule has 0 radical (unpaired) electrons. The van der Waals surface area contributed by atoms with Gasteiger partial charge < -0.3 is 11.1 Å². The fraction of sp³-hybridized carbons (Fsp3) is 0.929. The normalized spacial score (nSPS) is 20.9. The second-order valence-corrected chi connectivity index (χ2v) is 5.70. The summed E-state index contributed by atoms with van der Waals surface area (Å²) in [6.45, 7) is 4.91. The van der Waals surface area contributed by atoms with Gasteiger partial charge in [-0.3, -0.25) is 4.79 Å². The maximum atomic E-state index is 11.7. The van der Waals surface area contributed by atoms with E-state index in [9.17, 15) is 4.79 Å². The molecule has 0 heterocycles. The Hall–Kier alpha value is -0.570. The van der Waals surface area contributed by atoms with Crippen molar-refractivity contribution < 1.29 is 4.79 Å². The molecule has 3 heteroatoms. The fourth-order valence-corrected chi connectivity index (χ4v) is 2.67. The van der Waals surface area contributed by atoms with E-state index in [1.165, 1.54) is 32.1 Å². The first-order chi connectivity index (χ1) is 8.09. The average molecular weight is 240 g/mol. The van der Waals surface area contributed by atoms with Crippen LogP contribution < -0.4 is 11.1 Å². The molecule has 0 aromatic heterocycles. The quantitative estimate of drug-likeness (QED) is 0.749. The van der Waals surface area contributed by atoms with E-state index in [0.717, 1.165) is 12.3 Å². The standard InChI is InChI=1S/C14H28N2O/c1-11(13-6-4-3-5-7-13)10-14(17)16-9-8-12(2)15/h11-13H,3-10,15H2,1-2H3,(H,16,17). The molecular formula is C14H28N2O. The lowest BCUT2D eigenvalue weighted by Crippen LogP contribution is -2.31. The molecule has 17 heavy (non-hydrogen) atoms. The van der Waals surface area contributed by atoms with Crippen LogP contribution in [0.4, 0.5) is 0 Å². The third-order valence-corrected chi connectivity index (χ3v) is 3.88. The Morgan fingerprint density at radius 2 is 1.94 bits per heavy atom. The van der Waals surface area contributed by atoms with Gasteiger partial charge in [-0.15, -0.1) is 0 Å². The van der Waals surface area contributed by atoms with Gasteiger partial charge in [0.25, 0.3) is 0 Å². The number of amides is 1. The maximum absolute atomic E-state index is 11.7. The Morgan fingerprint density at radius 1 is 1.29 bits per heavy atom. The van der Waals surface area contributed by atoms with Crippen LogP contribution in [0.25, 0.3) is 0 Å². The highest BCUT2D eigenvalue weighted by atomic mass is 16.1. The molecule has 1 aliphatic rings. The summed E-state index contributed by atoms with van der Waals surface area (Å²) >= 11 is 0. The molecule has 3 N–H and O–H groups in total. The Balaban J connectivity index is 2.15. The van der Waals surface area contributed by atoms with Crippen molar-refractivity contribution in [3.8, 4) is 0 Å². The van der Waals surface area contributed by atoms with Crippen molar-refractivity contribution in [2.75, 3.05) is 6.54 Å². The van der Waals surface area contributed by atoms with E-state index in [0.29, 0.717) is 18.9 Å². The fourth-order valence-electron chi connectivity index (χ4n) is 2.67. The first-order valence-corrected chi connectivity index (χ1v) is 7.12. The highest BCUT2D eigenvalue weighted by Crippen LogP contribution is 2.31. The van der Waals surface area contributed by atoms with E-state index >= 15 is 0 Å². The molecule has 3 nitrogen and oxygen atoms in total. The predicted octanol–water partition coefficient (Wildman–Crippen LogP) is 2.45. The van der Waals surface area contributed by atoms with Crippen molar-refractivity contribution in [3.63, 3.8) is 0 Å². The average Bonchev–Trinajstić information content (AvgIpc) is 2.29. The van der Waals surface area contributed by atoms with Crippen LogP contribution in [0.15, 0.2) is 0 Å². The number of hydrogen-bond acceptors (Lipinski definition) is 2. The van der Waals surface area contributed by atoms with Crippen molar-refractivity contribution in [2.45, 2.75) is 64.8 Å². The highest BCUT2D eigenvalue weighted by molar-refractivity contribution is 5.76. The predicted molar refractivity (Wildman–Crippen MR) is 71.6 cm³/mol. The van der Waals surface area contributed by atoms with Crippen molar-refractivity contribution >= 4 is 5.91 Å². The number of carbonyl (C=O) groups is 1. The largest absolute Gasteiger partial charge is 0.356 e. The van der Waals surface area contributed by atoms with Gasteiger partial charge in [0.15, 0.2) is 0 Å². The molecule has 0 saturated heterocycles. The zero-order valence-electron chi connectivity index (χ0n) is 11.4. The van der Waals surface area contributed by atoms with Gasteiger partial charge in [0, 0.05) is 19.0 Å². The molecule has 1 rings (SSSR count). The van der Waals surface area contributed by atoms with Gasteiger partial charge >= 0.3 is 0 Å². The Labute approximate surface area is 106 Å². The lowest BCUT2D eigenvalue weighted by atomic mass is 9.79. The minimum absolute atomic E-state index is 0.172. The van der Waals surface area contributed by atoms with Crippen LogP contribution in [0.1, 0.15) is 58.8 Å². The van der Waals surface area contributed by atoms with Crippen molar-refractivity contribution in [1.82, 2.24) is 5.32 Å². The zero-order valence-corrected chi connectivity index (χ0v) is 11.4. The smallest absolute Gasteiger partial charge is 0.220 e. The summed E-state index contributed by atoms with van der Waals surface area (Å²) in [7, 11) is 0. The summed E-state index contributed by atoms with van der Waals surface area (Å²) in [6, 6.07) is 0.172. The van der Waals surface area contributed by atoms with Crippen molar-refractivity contribution in [3.05, 3.63) is 0 Å². The number of rotatable bonds is 6. The van der Waals surface area contributed by atoms with Gasteiger partial charge in [-0.25, -0.2) is 0 Å². The van der Waals surface area contributed by atoms with Crippen LogP contribution in [0.2, 0.25) is 0 Å². The Morgan fingerprint density at radius 3 is 2.53 bits per heavy atom. The summed E-state index contributed by atoms with van der Waals surface area (Å²) in [6.07, 6.45) is 8.25. The molecule has 0 bridgehead atoms. The topological polar surface area (TPSA) is 55.1 Å². The maximum Gasteiger partial charge on any atom is 0.220 e. The summed E-state index contributed by atoms with van der Waals surface area (Å²) in [5.74, 6) is 1.50. The lowest BCUT2D eigenvalue weighted by molar-refractivity contribution is -0.122. The first-order valence-electron chi connectivity index (χ1n) is 7.12. The molecule has 1 fully saturated rings. The molecular weight excluding hydrogens is 212 g/mol. The monoisotopic (exact) mass is 240 g/mol. The minimum atomic E-state index is 0.172. The van der Waals surface area contributed by atoms with Crippen LogP contribution in [-0.2, 0) is 4.79 Å². The molecule has 1 amide bonds. The molecule has 0 aromatic carbocycles. The number of hydrogen-bond donors (Lipinski definition) is 2. The Bertz CT molecular complexity index is 222. The van der Waals surface area contributed by atoms with E-state index in [1.54, 1.807) is 0 Å². The summed E-state index contributed by atoms with van der Waals surface area (Å²) in [5.41, 5.74) is 5.65. The second kappa shape index (κ2) is 7.70. The van der Waals surface area contributed by atoms with Crippen molar-refractivity contribution in [2.24, 2.45) is 17.6 Å². The van der Waals surface area contributed by atoms with Gasteiger partial charge in [0.1, 0.15) is 0 Å². The third-order valence-electron chi connectivity index (χ3n) is 3.88. The molecule has 1 saturated carbocycles. The summed E-state index contributed by atoms with van der Waals surface area (Å²) in [4.78, 5) is 11.7. The van der Waals surface area contributed by atoms with Crippen LogP contribution in [0.3, 0.4) is 0 Å². The minimum Gasteiger partial charge on any atom is -0.356 e. The van der Waals surface area contributed by atoms with E-state index in [4.69, 9.17) is 5.73 Å². The number of nitrogens with one attached hydrogen (secondary N) is 1. The zero-order chi connectivity index (χ0) is 12.7. The second-order valence-electron chi connectivity index (χ2n) is 5.70. The lowest BCUT2D eigenvalue weighted by Gasteiger charge is -2.27. The SMILES string of the molecule is CC(N)CCNC(=O)CC(C)C1CCCCC1. The van der Waals surface area contributed by atoms with Crippen LogP contribution >= 0.6 is 0 Å². The molecule has 0 aliphatic heterocycles. The van der Waals surface area contributed by atoms with Gasteiger partial charge in [0.05, 0.1) is 0 Å². The third kappa shape index (κ3) is 6.06.